The van der Waals surface area contributed by atoms with E-state index >= 15 is 0 Å². The van der Waals surface area contributed by atoms with E-state index < -0.39 is 6.10 Å². The minimum absolute atomic E-state index is 0.0407. The molecule has 4 aromatic rings. The number of ether oxygens (including phenoxy) is 2. The van der Waals surface area contributed by atoms with Crippen molar-refractivity contribution in [3.05, 3.63) is 102 Å². The number of rotatable bonds is 11. The van der Waals surface area contributed by atoms with Crippen molar-refractivity contribution < 1.29 is 19.4 Å². The second-order valence-electron chi connectivity index (χ2n) is 10.2. The lowest BCUT2D eigenvalue weighted by molar-refractivity contribution is 0.0526. The summed E-state index contributed by atoms with van der Waals surface area (Å²) in [5, 5.41) is 26.1. The predicted octanol–water partition coefficient (Wildman–Crippen LogP) is 5.91. The molecule has 0 heterocycles. The van der Waals surface area contributed by atoms with E-state index in [1.165, 1.54) is 16.3 Å². The Morgan fingerprint density at radius 3 is 2.41 bits per heavy atom. The van der Waals surface area contributed by atoms with Gasteiger partial charge in [-0.1, -0.05) is 60.7 Å². The van der Waals surface area contributed by atoms with E-state index in [1.807, 2.05) is 30.3 Å². The molecule has 0 aliphatic carbocycles. The summed E-state index contributed by atoms with van der Waals surface area (Å²) in [5.41, 5.74) is 3.56. The van der Waals surface area contributed by atoms with Crippen molar-refractivity contribution in [1.29, 1.82) is 5.26 Å². The number of carbonyl (C=O) groups is 1. The average Bonchev–Trinajstić information content (AvgIpc) is 2.95. The van der Waals surface area contributed by atoms with Gasteiger partial charge < -0.3 is 19.9 Å². The van der Waals surface area contributed by atoms with E-state index in [-0.39, 0.29) is 18.1 Å². The van der Waals surface area contributed by atoms with Gasteiger partial charge in [-0.05, 0) is 78.9 Å². The molecule has 4 rings (SSSR count). The number of aliphatic hydroxyl groups excluding tert-OH is 1. The van der Waals surface area contributed by atoms with Gasteiger partial charge in [-0.25, -0.2) is 4.79 Å². The van der Waals surface area contributed by atoms with Gasteiger partial charge in [0, 0.05) is 12.1 Å². The number of aliphatic hydroxyl groups is 1. The summed E-state index contributed by atoms with van der Waals surface area (Å²) in [7, 11) is 0. The molecular weight excluding hydrogens is 488 g/mol. The molecule has 0 fully saturated rings. The second-order valence-corrected chi connectivity index (χ2v) is 10.2. The fraction of sp³-hybridized carbons (Fsp3) is 0.273. The monoisotopic (exact) mass is 522 g/mol. The highest BCUT2D eigenvalue weighted by molar-refractivity contribution is 5.90. The Balaban J connectivity index is 1.35. The summed E-state index contributed by atoms with van der Waals surface area (Å²) >= 11 is 0. The maximum atomic E-state index is 11.9. The average molecular weight is 523 g/mol. The van der Waals surface area contributed by atoms with Crippen molar-refractivity contribution in [2.24, 2.45) is 0 Å². The number of hydrogen-bond acceptors (Lipinski definition) is 6. The van der Waals surface area contributed by atoms with Crippen LogP contribution in [0.25, 0.3) is 21.9 Å². The van der Waals surface area contributed by atoms with E-state index in [4.69, 9.17) is 9.47 Å². The zero-order valence-electron chi connectivity index (χ0n) is 22.6. The summed E-state index contributed by atoms with van der Waals surface area (Å²) in [4.78, 5) is 11.9. The summed E-state index contributed by atoms with van der Waals surface area (Å²) < 4.78 is 10.9. The largest absolute Gasteiger partial charge is 0.489 e. The molecule has 2 N–H and O–H groups in total. The van der Waals surface area contributed by atoms with Crippen LogP contribution in [0.1, 0.15) is 42.3 Å². The zero-order valence-corrected chi connectivity index (χ0v) is 22.6. The maximum absolute atomic E-state index is 11.9. The predicted molar refractivity (Wildman–Crippen MR) is 154 cm³/mol. The maximum Gasteiger partial charge on any atom is 0.338 e. The summed E-state index contributed by atoms with van der Waals surface area (Å²) in [5.74, 6) is 0.0369. The minimum atomic E-state index is -0.764. The van der Waals surface area contributed by atoms with Crippen molar-refractivity contribution in [3.8, 4) is 22.9 Å². The summed E-state index contributed by atoms with van der Waals surface area (Å²) in [6.45, 7) is 6.70. The second kappa shape index (κ2) is 12.6. The number of esters is 1. The molecule has 0 saturated carbocycles. The first kappa shape index (κ1) is 27.8. The Labute approximate surface area is 229 Å². The molecule has 0 radical (unpaired) electrons. The third-order valence-corrected chi connectivity index (χ3v) is 6.54. The van der Waals surface area contributed by atoms with Crippen LogP contribution in [0.2, 0.25) is 0 Å². The zero-order chi connectivity index (χ0) is 27.8. The molecule has 0 spiro atoms. The van der Waals surface area contributed by atoms with Crippen molar-refractivity contribution in [2.75, 3.05) is 19.8 Å². The van der Waals surface area contributed by atoms with Crippen LogP contribution in [0.3, 0.4) is 0 Å². The van der Waals surface area contributed by atoms with E-state index in [2.05, 4.69) is 55.6 Å². The van der Waals surface area contributed by atoms with Crippen molar-refractivity contribution >= 4 is 16.7 Å². The van der Waals surface area contributed by atoms with Gasteiger partial charge in [0.25, 0.3) is 0 Å². The Bertz CT molecular complexity index is 1470. The van der Waals surface area contributed by atoms with Crippen LogP contribution in [0.4, 0.5) is 0 Å². The van der Waals surface area contributed by atoms with E-state index in [9.17, 15) is 15.2 Å². The molecule has 6 heteroatoms. The Morgan fingerprint density at radius 1 is 0.974 bits per heavy atom. The van der Waals surface area contributed by atoms with Gasteiger partial charge in [0.2, 0.25) is 0 Å². The normalized spacial score (nSPS) is 12.1. The first-order chi connectivity index (χ1) is 18.8. The number of β-amino-alcohol motifs (C(OH)–C–C–N with tert-alkyl or cyclic N) is 1. The lowest BCUT2D eigenvalue weighted by atomic mass is 9.93. The molecule has 0 aliphatic heterocycles. The highest BCUT2D eigenvalue weighted by Crippen LogP contribution is 2.28. The summed E-state index contributed by atoms with van der Waals surface area (Å²) in [6, 6.07) is 29.3. The van der Waals surface area contributed by atoms with Crippen LogP contribution < -0.4 is 10.1 Å². The van der Waals surface area contributed by atoms with Crippen LogP contribution in [-0.2, 0) is 11.2 Å². The van der Waals surface area contributed by atoms with Gasteiger partial charge >= 0.3 is 5.97 Å². The fourth-order valence-electron chi connectivity index (χ4n) is 4.49. The molecular formula is C33H34N2O4. The number of benzene rings is 4. The van der Waals surface area contributed by atoms with Gasteiger partial charge in [0.05, 0.1) is 17.7 Å². The molecule has 0 saturated heterocycles. The number of nitrogens with zero attached hydrogens (tertiary/aromatic N) is 1. The van der Waals surface area contributed by atoms with Crippen LogP contribution in [0.5, 0.6) is 5.75 Å². The van der Waals surface area contributed by atoms with Crippen LogP contribution in [-0.4, -0.2) is 42.5 Å². The molecule has 0 unspecified atom stereocenters. The molecule has 0 aromatic heterocycles. The quantitative estimate of drug-likeness (QED) is 0.238. The number of nitriles is 1. The van der Waals surface area contributed by atoms with Gasteiger partial charge in [-0.3, -0.25) is 0 Å². The highest BCUT2D eigenvalue weighted by atomic mass is 16.5. The third kappa shape index (κ3) is 7.44. The Hall–Kier alpha value is -4.18. The van der Waals surface area contributed by atoms with Crippen LogP contribution in [0, 0.1) is 11.3 Å². The molecule has 6 nitrogen and oxygen atoms in total. The van der Waals surface area contributed by atoms with Crippen molar-refractivity contribution in [3.63, 3.8) is 0 Å². The lowest BCUT2D eigenvalue weighted by Gasteiger charge is -2.28. The number of hydrogen-bond donors (Lipinski definition) is 2. The Kier molecular flexibility index (Phi) is 8.98. The van der Waals surface area contributed by atoms with Gasteiger partial charge in [0.15, 0.2) is 0 Å². The molecule has 0 amide bonds. The smallest absolute Gasteiger partial charge is 0.338 e. The van der Waals surface area contributed by atoms with E-state index in [1.54, 1.807) is 31.2 Å². The first-order valence-electron chi connectivity index (χ1n) is 13.1. The van der Waals surface area contributed by atoms with Crippen molar-refractivity contribution in [2.45, 2.75) is 38.8 Å². The topological polar surface area (TPSA) is 91.6 Å². The third-order valence-electron chi connectivity index (χ3n) is 6.54. The molecule has 4 aromatic carbocycles. The van der Waals surface area contributed by atoms with Gasteiger partial charge in [-0.15, -0.1) is 0 Å². The molecule has 39 heavy (non-hydrogen) atoms. The fourth-order valence-corrected chi connectivity index (χ4v) is 4.49. The number of nitrogens with one attached hydrogen (secondary N) is 1. The van der Waals surface area contributed by atoms with Gasteiger partial charge in [0.1, 0.15) is 24.5 Å². The highest BCUT2D eigenvalue weighted by Gasteiger charge is 2.20. The van der Waals surface area contributed by atoms with E-state index in [0.717, 1.165) is 17.5 Å². The standard InChI is InChI=1S/C33H34N2O4/c1-4-38-32(37)26-13-11-25(12-14-26)28-15-16-29(20-34)31(18-28)39-22-30(36)21-35-33(2,3)19-23-9-10-24-7-5-6-8-27(24)17-23/h5-18,30,35-36H,4,19,21-22H2,1-3H3/t30-/m1/s1. The van der Waals surface area contributed by atoms with Crippen LogP contribution in [0.15, 0.2) is 84.9 Å². The first-order valence-corrected chi connectivity index (χ1v) is 13.1. The van der Waals surface area contributed by atoms with E-state index in [0.29, 0.717) is 30.0 Å². The number of carbonyl (C=O) groups excluding carboxylic acids is 1. The molecule has 1 atom stereocenters. The molecule has 0 bridgehead atoms. The molecule has 200 valence electrons. The Morgan fingerprint density at radius 2 is 1.69 bits per heavy atom. The lowest BCUT2D eigenvalue weighted by Crippen LogP contribution is -2.46. The SMILES string of the molecule is CCOC(=O)c1ccc(-c2ccc(C#N)c(OC[C@H](O)CNC(C)(C)Cc3ccc4ccccc4c3)c2)cc1. The summed E-state index contributed by atoms with van der Waals surface area (Å²) in [6.07, 6.45) is 0.0426. The number of fused-ring (bicyclic) bond motifs is 1. The van der Waals surface area contributed by atoms with Gasteiger partial charge in [-0.2, -0.15) is 5.26 Å². The van der Waals surface area contributed by atoms with Crippen LogP contribution >= 0.6 is 0 Å². The minimum Gasteiger partial charge on any atom is -0.489 e. The molecule has 0 aliphatic rings. The van der Waals surface area contributed by atoms with Crippen molar-refractivity contribution in [1.82, 2.24) is 5.32 Å².